The van der Waals surface area contributed by atoms with Gasteiger partial charge >= 0.3 is 0 Å². The van der Waals surface area contributed by atoms with E-state index in [4.69, 9.17) is 4.74 Å². The molecule has 2 aromatic carbocycles. The summed E-state index contributed by atoms with van der Waals surface area (Å²) < 4.78 is 5.29. The van der Waals surface area contributed by atoms with Crippen LogP contribution in [0.3, 0.4) is 0 Å². The van der Waals surface area contributed by atoms with E-state index in [1.165, 1.54) is 12.1 Å². The number of amides is 2. The summed E-state index contributed by atoms with van der Waals surface area (Å²) in [7, 11) is 3.89. The van der Waals surface area contributed by atoms with Crippen LogP contribution in [0.4, 0.5) is 0 Å². The fourth-order valence-electron chi connectivity index (χ4n) is 3.41. The van der Waals surface area contributed by atoms with Crippen LogP contribution < -0.4 is 15.6 Å². The van der Waals surface area contributed by atoms with Crippen LogP contribution >= 0.6 is 0 Å². The van der Waals surface area contributed by atoms with Gasteiger partial charge in [-0.15, -0.1) is 0 Å². The Morgan fingerprint density at radius 3 is 2.58 bits per heavy atom. The van der Waals surface area contributed by atoms with Crippen LogP contribution in [-0.4, -0.2) is 60.2 Å². The van der Waals surface area contributed by atoms with Crippen molar-refractivity contribution in [3.63, 3.8) is 0 Å². The predicted octanol–water partition coefficient (Wildman–Crippen LogP) is 1.55. The van der Waals surface area contributed by atoms with E-state index in [1.54, 1.807) is 69.2 Å². The Morgan fingerprint density at radius 1 is 1.23 bits per heavy atom. The molecule has 2 amide bonds. The highest BCUT2D eigenvalue weighted by Crippen LogP contribution is 2.25. The molecule has 0 spiro atoms. The summed E-state index contributed by atoms with van der Waals surface area (Å²) in [5, 5.41) is 16.0. The van der Waals surface area contributed by atoms with Crippen LogP contribution in [0, 0.1) is 6.92 Å². The van der Waals surface area contributed by atoms with Gasteiger partial charge in [0.1, 0.15) is 11.5 Å². The summed E-state index contributed by atoms with van der Waals surface area (Å²) in [4.78, 5) is 28.2. The SMILES string of the molecule is COc1cccc(C(=O)NN(C(=O)c2cc3c(cc2O)BN(C)N=C3)C(C)(C)C)c1C. The number of hydrogen-bond acceptors (Lipinski definition) is 6. The first-order valence-electron chi connectivity index (χ1n) is 9.93. The minimum absolute atomic E-state index is 0.0901. The van der Waals surface area contributed by atoms with Gasteiger partial charge in [-0.25, -0.2) is 5.01 Å². The van der Waals surface area contributed by atoms with Crippen molar-refractivity contribution < 1.29 is 19.4 Å². The average Bonchev–Trinajstić information content (AvgIpc) is 2.70. The Morgan fingerprint density at radius 2 is 1.94 bits per heavy atom. The van der Waals surface area contributed by atoms with Crippen molar-refractivity contribution >= 4 is 30.9 Å². The topological polar surface area (TPSA) is 94.5 Å². The molecule has 1 heterocycles. The monoisotopic (exact) mass is 422 g/mol. The van der Waals surface area contributed by atoms with Gasteiger partial charge in [-0.3, -0.25) is 15.0 Å². The minimum atomic E-state index is -0.754. The number of carbonyl (C=O) groups excluding carboxylic acids is 2. The maximum Gasteiger partial charge on any atom is 0.292 e. The summed E-state index contributed by atoms with van der Waals surface area (Å²) in [6.45, 7) is 7.18. The third kappa shape index (κ3) is 4.50. The molecule has 1 aliphatic rings. The van der Waals surface area contributed by atoms with Gasteiger partial charge in [0.25, 0.3) is 19.2 Å². The number of hydrogen-bond donors (Lipinski definition) is 2. The van der Waals surface area contributed by atoms with Crippen molar-refractivity contribution in [2.24, 2.45) is 5.10 Å². The average molecular weight is 422 g/mol. The van der Waals surface area contributed by atoms with E-state index < -0.39 is 17.4 Å². The Kier molecular flexibility index (Phi) is 5.97. The molecule has 2 N–H and O–H groups in total. The third-order valence-corrected chi connectivity index (χ3v) is 5.12. The highest BCUT2D eigenvalue weighted by Gasteiger charge is 2.32. The zero-order valence-electron chi connectivity index (χ0n) is 18.7. The van der Waals surface area contributed by atoms with Crippen molar-refractivity contribution in [2.75, 3.05) is 14.2 Å². The molecule has 2 aromatic rings. The number of phenols is 1. The van der Waals surface area contributed by atoms with Crippen LogP contribution in [0.2, 0.25) is 0 Å². The smallest absolute Gasteiger partial charge is 0.292 e. The lowest BCUT2D eigenvalue weighted by molar-refractivity contribution is 0.0356. The molecule has 0 saturated heterocycles. The molecule has 0 radical (unpaired) electrons. The van der Waals surface area contributed by atoms with Gasteiger partial charge in [0, 0.05) is 18.2 Å². The van der Waals surface area contributed by atoms with E-state index in [2.05, 4.69) is 10.5 Å². The summed E-state index contributed by atoms with van der Waals surface area (Å²) in [6, 6.07) is 8.32. The standard InChI is InChI=1S/C22H27BN4O4/c1-13-15(8-7-9-19(13)31-6)20(29)25-27(22(2,3)4)21(30)16-10-14-12-24-26(5)23-17(14)11-18(16)28/h7-12,23,28H,1-6H3,(H,25,29). The van der Waals surface area contributed by atoms with Crippen molar-refractivity contribution in [2.45, 2.75) is 33.2 Å². The number of aromatic hydroxyl groups is 1. The molecule has 8 nitrogen and oxygen atoms in total. The van der Waals surface area contributed by atoms with Crippen molar-refractivity contribution in [1.29, 1.82) is 0 Å². The number of benzene rings is 2. The number of fused-ring (bicyclic) bond motifs is 1. The highest BCUT2D eigenvalue weighted by molar-refractivity contribution is 6.53. The zero-order chi connectivity index (χ0) is 22.9. The van der Waals surface area contributed by atoms with Crippen molar-refractivity contribution in [1.82, 2.24) is 15.4 Å². The van der Waals surface area contributed by atoms with Gasteiger partial charge in [0.2, 0.25) is 0 Å². The molecule has 0 atom stereocenters. The summed E-state index contributed by atoms with van der Waals surface area (Å²) in [5.41, 5.74) is 4.73. The molecule has 31 heavy (non-hydrogen) atoms. The van der Waals surface area contributed by atoms with Gasteiger partial charge in [-0.05, 0) is 63.0 Å². The van der Waals surface area contributed by atoms with E-state index in [1.807, 2.05) is 7.05 Å². The van der Waals surface area contributed by atoms with E-state index >= 15 is 0 Å². The molecule has 0 bridgehead atoms. The Bertz CT molecular complexity index is 1060. The third-order valence-electron chi connectivity index (χ3n) is 5.12. The quantitative estimate of drug-likeness (QED) is 0.578. The summed E-state index contributed by atoms with van der Waals surface area (Å²) in [5.74, 6) is -0.527. The first-order valence-corrected chi connectivity index (χ1v) is 9.93. The molecular weight excluding hydrogens is 395 g/mol. The molecule has 0 unspecified atom stereocenters. The molecule has 0 aliphatic carbocycles. The molecule has 0 fully saturated rings. The number of hydrazone groups is 1. The molecule has 162 valence electrons. The second-order valence-electron chi connectivity index (χ2n) is 8.51. The largest absolute Gasteiger partial charge is 0.507 e. The second-order valence-corrected chi connectivity index (χ2v) is 8.51. The van der Waals surface area contributed by atoms with Gasteiger partial charge in [-0.2, -0.15) is 5.10 Å². The minimum Gasteiger partial charge on any atom is -0.507 e. The number of carbonyl (C=O) groups is 2. The highest BCUT2D eigenvalue weighted by atomic mass is 16.5. The van der Waals surface area contributed by atoms with Crippen molar-refractivity contribution in [3.8, 4) is 11.5 Å². The number of methoxy groups -OCH3 is 1. The number of phenolic OH excluding ortho intramolecular Hbond substituents is 1. The van der Waals surface area contributed by atoms with Gasteiger partial charge in [-0.1, -0.05) is 6.07 Å². The number of rotatable bonds is 3. The molecular formula is C22H27BN4O4. The first-order chi connectivity index (χ1) is 14.5. The predicted molar refractivity (Wildman–Crippen MR) is 121 cm³/mol. The maximum atomic E-state index is 13.4. The van der Waals surface area contributed by atoms with Gasteiger partial charge < -0.3 is 14.8 Å². The Labute approximate surface area is 182 Å². The molecule has 9 heteroatoms. The van der Waals surface area contributed by atoms with Gasteiger partial charge in [0.15, 0.2) is 0 Å². The first kappa shape index (κ1) is 22.2. The molecule has 1 aliphatic heterocycles. The molecule has 0 saturated carbocycles. The summed E-state index contributed by atoms with van der Waals surface area (Å²) in [6.07, 6.45) is 1.65. The van der Waals surface area contributed by atoms with Crippen LogP contribution in [0.1, 0.15) is 52.6 Å². The number of nitrogens with zero attached hydrogens (tertiary/aromatic N) is 3. The fraction of sp³-hybridized carbons (Fsp3) is 0.318. The number of nitrogens with one attached hydrogen (secondary N) is 1. The van der Waals surface area contributed by atoms with E-state index in [0.29, 0.717) is 24.3 Å². The lowest BCUT2D eigenvalue weighted by Gasteiger charge is -2.36. The van der Waals surface area contributed by atoms with Crippen LogP contribution in [-0.2, 0) is 0 Å². The van der Waals surface area contributed by atoms with Crippen LogP contribution in [0.15, 0.2) is 35.4 Å². The molecule has 0 aromatic heterocycles. The van der Waals surface area contributed by atoms with E-state index in [-0.39, 0.29) is 11.3 Å². The maximum absolute atomic E-state index is 13.4. The Hall–Kier alpha value is -3.49. The van der Waals surface area contributed by atoms with Crippen LogP contribution in [0.25, 0.3) is 0 Å². The number of hydrazine groups is 1. The normalized spacial score (nSPS) is 12.6. The fourth-order valence-corrected chi connectivity index (χ4v) is 3.41. The van der Waals surface area contributed by atoms with E-state index in [9.17, 15) is 14.7 Å². The Balaban J connectivity index is 1.95. The lowest BCUT2D eigenvalue weighted by Crippen LogP contribution is -2.56. The number of ether oxygens (including phenoxy) is 1. The summed E-state index contributed by atoms with van der Waals surface area (Å²) >= 11 is 0. The zero-order valence-corrected chi connectivity index (χ0v) is 18.7. The van der Waals surface area contributed by atoms with Crippen LogP contribution in [0.5, 0.6) is 11.5 Å². The molecule has 3 rings (SSSR count). The van der Waals surface area contributed by atoms with Gasteiger partial charge in [0.05, 0.1) is 24.4 Å². The second kappa shape index (κ2) is 8.33. The van der Waals surface area contributed by atoms with E-state index in [0.717, 1.165) is 11.0 Å². The van der Waals surface area contributed by atoms with Crippen molar-refractivity contribution in [3.05, 3.63) is 52.6 Å². The lowest BCUT2D eigenvalue weighted by atomic mass is 9.77.